The Balaban J connectivity index is 1.51. The largest absolute Gasteiger partial charge is 0.530 e. The van der Waals surface area contributed by atoms with Gasteiger partial charge in [-0.15, -0.1) is 0 Å². The molecule has 0 aliphatic carbocycles. The first-order valence-electron chi connectivity index (χ1n) is 10.5. The lowest BCUT2D eigenvalue weighted by Gasteiger charge is -2.35. The molecule has 2 saturated heterocycles. The third-order valence-corrected chi connectivity index (χ3v) is 7.23. The van der Waals surface area contributed by atoms with E-state index in [9.17, 15) is 10.1 Å². The third kappa shape index (κ3) is 4.14. The molecule has 4 heterocycles. The number of ether oxygens (including phenoxy) is 2. The number of hydrogen-bond donors (Lipinski definition) is 1. The van der Waals surface area contributed by atoms with Crippen LogP contribution in [0, 0.1) is 0 Å². The number of phosphoric ester groups is 1. The monoisotopic (exact) mass is 522 g/mol. The van der Waals surface area contributed by atoms with Gasteiger partial charge in [0.05, 0.1) is 19.5 Å². The van der Waals surface area contributed by atoms with E-state index in [0.29, 0.717) is 22.8 Å². The molecule has 1 aromatic carbocycles. The average Bonchev–Trinajstić information content (AvgIpc) is 3.34. The molecule has 2 aliphatic rings. The fraction of sp³-hybridized carbons (Fsp3) is 0.421. The van der Waals surface area contributed by atoms with E-state index in [0.717, 1.165) is 0 Å². The van der Waals surface area contributed by atoms with Crippen LogP contribution < -0.4 is 15.0 Å². The summed E-state index contributed by atoms with van der Waals surface area (Å²) in [6, 6.07) is 6.20. The Kier molecular flexibility index (Phi) is 5.96. The molecule has 0 bridgehead atoms. The maximum atomic E-state index is 13.3. The van der Waals surface area contributed by atoms with Crippen molar-refractivity contribution in [1.29, 1.82) is 0 Å². The minimum Gasteiger partial charge on any atom is -0.476 e. The van der Waals surface area contributed by atoms with Gasteiger partial charge < -0.3 is 19.7 Å². The van der Waals surface area contributed by atoms with Gasteiger partial charge in [0.15, 0.2) is 17.4 Å². The van der Waals surface area contributed by atoms with Gasteiger partial charge in [-0.3, -0.25) is 13.6 Å². The molecular weight excluding hydrogens is 503 g/mol. The van der Waals surface area contributed by atoms with E-state index in [1.54, 1.807) is 26.0 Å². The minimum atomic E-state index is -4.10. The first-order chi connectivity index (χ1) is 16.8. The second-order valence-corrected chi connectivity index (χ2v) is 9.88. The Bertz CT molecular complexity index is 1370. The first-order valence-corrected chi connectivity index (χ1v) is 12.3. The number of azide groups is 1. The van der Waals surface area contributed by atoms with Crippen LogP contribution in [-0.4, -0.2) is 50.5 Å². The van der Waals surface area contributed by atoms with Crippen molar-refractivity contribution < 1.29 is 27.6 Å². The molecule has 0 spiro atoms. The number of benzene rings is 1. The van der Waals surface area contributed by atoms with Gasteiger partial charge in [-0.05, 0) is 43.6 Å². The first kappa shape index (κ1) is 23.6. The van der Waals surface area contributed by atoms with Crippen molar-refractivity contribution >= 4 is 36.5 Å². The van der Waals surface area contributed by atoms with Crippen molar-refractivity contribution in [2.45, 2.75) is 37.8 Å². The highest BCUT2D eigenvalue weighted by Gasteiger charge is 2.61. The van der Waals surface area contributed by atoms with Gasteiger partial charge in [0.25, 0.3) is 0 Å². The highest BCUT2D eigenvalue weighted by molar-refractivity contribution is 7.49. The number of phosphoric acid groups is 1. The number of nitrogen functional groups attached to an aromatic ring is 1. The summed E-state index contributed by atoms with van der Waals surface area (Å²) in [6.45, 7) is 3.61. The molecule has 0 amide bonds. The van der Waals surface area contributed by atoms with Gasteiger partial charge in [-0.1, -0.05) is 16.7 Å². The molecule has 14 nitrogen and oxygen atoms in total. The topological polar surface area (TPSA) is 182 Å². The number of aromatic nitrogens is 4. The summed E-state index contributed by atoms with van der Waals surface area (Å²) in [6.07, 6.45) is -1.25. The normalized spacial score (nSPS) is 30.0. The summed E-state index contributed by atoms with van der Waals surface area (Å²) in [7, 11) is -4.10. The van der Waals surface area contributed by atoms with Crippen molar-refractivity contribution in [3.63, 3.8) is 0 Å². The van der Waals surface area contributed by atoms with Crippen LogP contribution in [0.1, 0.15) is 20.1 Å². The Labute approximate surface area is 203 Å². The lowest BCUT2D eigenvalue weighted by molar-refractivity contribution is -0.0649. The molecule has 184 valence electrons. The van der Waals surface area contributed by atoms with E-state index < -0.39 is 31.8 Å². The SMILES string of the molecule is CCOc1nc(N)nc2c1ncn2[C@@H]1O[C@@H]2COP(=O)(Oc3ccc(Cl)cc3)O[C@H]2[C@@]1(C)N=[N+]=[N-]. The molecule has 0 radical (unpaired) electrons. The number of hydrogen-bond acceptors (Lipinski definition) is 11. The standard InChI is InChI=1S/C19H20ClN8O6P/c1-3-30-16-13-15(24-18(21)25-16)28(9-23-13)17-19(2,26-27-22)14-12(32-17)8-31-35(29,34-14)33-11-6-4-10(20)5-7-11/h4-7,9,12,14,17H,3,8H2,1-2H3,(H2,21,24,25)/t12-,14-,17-,19-,35?/m1/s1. The highest BCUT2D eigenvalue weighted by Crippen LogP contribution is 2.59. The number of nitrogens with two attached hydrogens (primary N) is 1. The average molecular weight is 523 g/mol. The molecular formula is C19H20ClN8O6P. The van der Waals surface area contributed by atoms with Crippen molar-refractivity contribution in [1.82, 2.24) is 19.5 Å². The van der Waals surface area contributed by atoms with Gasteiger partial charge in [-0.25, -0.2) is 9.55 Å². The van der Waals surface area contributed by atoms with Gasteiger partial charge in [0, 0.05) is 9.93 Å². The number of rotatable bonds is 6. The molecule has 35 heavy (non-hydrogen) atoms. The summed E-state index contributed by atoms with van der Waals surface area (Å²) in [5.41, 5.74) is 14.5. The van der Waals surface area contributed by atoms with Crippen molar-refractivity contribution in [2.24, 2.45) is 5.11 Å². The molecule has 5 atom stereocenters. The quantitative estimate of drug-likeness (QED) is 0.214. The summed E-state index contributed by atoms with van der Waals surface area (Å²) in [5, 5.41) is 4.46. The molecule has 2 fully saturated rings. The summed E-state index contributed by atoms with van der Waals surface area (Å²) in [5.74, 6) is 0.396. The molecule has 2 aliphatic heterocycles. The van der Waals surface area contributed by atoms with Crippen LogP contribution in [0.25, 0.3) is 21.6 Å². The number of nitrogens with zero attached hydrogens (tertiary/aromatic N) is 7. The molecule has 2 N–H and O–H groups in total. The molecule has 3 aromatic rings. The minimum absolute atomic E-state index is 0.0379. The second kappa shape index (κ2) is 8.83. The van der Waals surface area contributed by atoms with Crippen LogP contribution in [0.5, 0.6) is 11.6 Å². The van der Waals surface area contributed by atoms with Gasteiger partial charge in [-0.2, -0.15) is 9.97 Å². The van der Waals surface area contributed by atoms with Crippen LogP contribution in [-0.2, 0) is 18.3 Å². The maximum Gasteiger partial charge on any atom is 0.530 e. The molecule has 5 rings (SSSR count). The maximum absolute atomic E-state index is 13.3. The zero-order chi connectivity index (χ0) is 24.8. The molecule has 16 heteroatoms. The lowest BCUT2D eigenvalue weighted by atomic mass is 9.93. The van der Waals surface area contributed by atoms with E-state index >= 15 is 0 Å². The second-order valence-electron chi connectivity index (χ2n) is 7.90. The number of anilines is 1. The van der Waals surface area contributed by atoms with Crippen molar-refractivity contribution in [3.05, 3.63) is 46.1 Å². The summed E-state index contributed by atoms with van der Waals surface area (Å²) < 4.78 is 43.3. The summed E-state index contributed by atoms with van der Waals surface area (Å²) >= 11 is 5.90. The van der Waals surface area contributed by atoms with Crippen LogP contribution >= 0.6 is 19.4 Å². The van der Waals surface area contributed by atoms with E-state index in [1.807, 2.05) is 0 Å². The predicted molar refractivity (Wildman–Crippen MR) is 123 cm³/mol. The van der Waals surface area contributed by atoms with E-state index in [-0.39, 0.29) is 24.2 Å². The fourth-order valence-corrected chi connectivity index (χ4v) is 5.68. The van der Waals surface area contributed by atoms with E-state index in [1.165, 1.54) is 23.0 Å². The van der Waals surface area contributed by atoms with Crippen molar-refractivity contribution in [3.8, 4) is 11.6 Å². The Morgan fingerprint density at radius 3 is 2.89 bits per heavy atom. The number of imidazole rings is 1. The van der Waals surface area contributed by atoms with Crippen LogP contribution in [0.4, 0.5) is 5.95 Å². The summed E-state index contributed by atoms with van der Waals surface area (Å²) in [4.78, 5) is 15.7. The highest BCUT2D eigenvalue weighted by atomic mass is 35.5. The predicted octanol–water partition coefficient (Wildman–Crippen LogP) is 4.03. The lowest BCUT2D eigenvalue weighted by Crippen LogP contribution is -2.46. The van der Waals surface area contributed by atoms with Crippen molar-refractivity contribution in [2.75, 3.05) is 18.9 Å². The van der Waals surface area contributed by atoms with Gasteiger partial charge in [0.1, 0.15) is 23.5 Å². The molecule has 2 aromatic heterocycles. The zero-order valence-corrected chi connectivity index (χ0v) is 20.2. The van der Waals surface area contributed by atoms with Gasteiger partial charge in [0.2, 0.25) is 11.8 Å². The number of fused-ring (bicyclic) bond motifs is 2. The molecule has 0 saturated carbocycles. The Morgan fingerprint density at radius 1 is 1.40 bits per heavy atom. The molecule has 1 unspecified atom stereocenters. The zero-order valence-electron chi connectivity index (χ0n) is 18.5. The number of halogens is 1. The smallest absolute Gasteiger partial charge is 0.476 e. The van der Waals surface area contributed by atoms with E-state index in [4.69, 9.17) is 40.4 Å². The Morgan fingerprint density at radius 2 is 2.17 bits per heavy atom. The van der Waals surface area contributed by atoms with Crippen LogP contribution in [0.15, 0.2) is 35.7 Å². The third-order valence-electron chi connectivity index (χ3n) is 5.59. The Hall–Kier alpha value is -3.12. The fourth-order valence-electron chi connectivity index (χ4n) is 4.06. The van der Waals surface area contributed by atoms with Crippen LogP contribution in [0.3, 0.4) is 0 Å². The van der Waals surface area contributed by atoms with Crippen LogP contribution in [0.2, 0.25) is 5.02 Å². The van der Waals surface area contributed by atoms with Gasteiger partial charge >= 0.3 is 7.82 Å². The van der Waals surface area contributed by atoms with E-state index in [2.05, 4.69) is 25.0 Å².